The molecule has 2 aliphatic heterocycles. The number of ether oxygens (including phenoxy) is 1. The molecule has 156 valence electrons. The highest BCUT2D eigenvalue weighted by Gasteiger charge is 2.45. The fourth-order valence-corrected chi connectivity index (χ4v) is 4.28. The van der Waals surface area contributed by atoms with Crippen LogP contribution in [0.1, 0.15) is 27.8 Å². The molecule has 12 heteroatoms. The normalized spacial score (nSPS) is 20.9. The highest BCUT2D eigenvalue weighted by Crippen LogP contribution is 2.39. The van der Waals surface area contributed by atoms with Gasteiger partial charge in [-0.3, -0.25) is 9.89 Å². The van der Waals surface area contributed by atoms with E-state index in [0.29, 0.717) is 23.9 Å². The van der Waals surface area contributed by atoms with Gasteiger partial charge >= 0.3 is 6.18 Å². The third-order valence-corrected chi connectivity index (χ3v) is 5.70. The highest BCUT2D eigenvalue weighted by molar-refractivity contribution is 6.34. The molecule has 1 N–H and O–H groups in total. The quantitative estimate of drug-likeness (QED) is 0.664. The summed E-state index contributed by atoms with van der Waals surface area (Å²) in [6.45, 7) is 0.717. The van der Waals surface area contributed by atoms with Gasteiger partial charge in [0, 0.05) is 12.7 Å². The molecule has 0 spiro atoms. The van der Waals surface area contributed by atoms with Crippen molar-refractivity contribution >= 4 is 17.5 Å². The summed E-state index contributed by atoms with van der Waals surface area (Å²) in [5.41, 5.74) is -0.572. The lowest BCUT2D eigenvalue weighted by Crippen LogP contribution is -2.56. The summed E-state index contributed by atoms with van der Waals surface area (Å²) in [5, 5.41) is 14.6. The van der Waals surface area contributed by atoms with E-state index in [-0.39, 0.29) is 18.8 Å². The van der Waals surface area contributed by atoms with Gasteiger partial charge in [-0.2, -0.15) is 18.3 Å². The average Bonchev–Trinajstić information content (AvgIpc) is 3.35. The molecule has 0 saturated carbocycles. The van der Waals surface area contributed by atoms with Crippen LogP contribution in [0.5, 0.6) is 0 Å². The van der Waals surface area contributed by atoms with Crippen molar-refractivity contribution in [2.24, 2.45) is 0 Å². The topological polar surface area (TPSA) is 88.9 Å². The maximum atomic E-state index is 13.3. The second-order valence-corrected chi connectivity index (χ2v) is 7.43. The number of nitrogens with zero attached hydrogens (tertiary/aromatic N) is 5. The van der Waals surface area contributed by atoms with Gasteiger partial charge in [-0.25, -0.2) is 0 Å². The number of amides is 1. The Hall–Kier alpha value is -2.92. The molecule has 0 aliphatic carbocycles. The van der Waals surface area contributed by atoms with Gasteiger partial charge in [0.2, 0.25) is 0 Å². The van der Waals surface area contributed by atoms with Crippen molar-refractivity contribution in [3.05, 3.63) is 52.4 Å². The Kier molecular flexibility index (Phi) is 4.33. The predicted octanol–water partition coefficient (Wildman–Crippen LogP) is 2.94. The molecule has 1 aromatic carbocycles. The Morgan fingerprint density at radius 3 is 2.80 bits per heavy atom. The largest absolute Gasteiger partial charge is 0.417 e. The van der Waals surface area contributed by atoms with Crippen LogP contribution in [0.25, 0.3) is 11.5 Å². The summed E-state index contributed by atoms with van der Waals surface area (Å²) in [5.74, 6) is 0.470. The van der Waals surface area contributed by atoms with Gasteiger partial charge in [-0.1, -0.05) is 17.7 Å². The number of benzene rings is 1. The molecule has 2 atom stereocenters. The number of carbonyl (C=O) groups is 1. The van der Waals surface area contributed by atoms with Crippen molar-refractivity contribution in [1.82, 2.24) is 29.9 Å². The smallest absolute Gasteiger partial charge is 0.377 e. The van der Waals surface area contributed by atoms with Gasteiger partial charge < -0.3 is 14.2 Å². The number of halogens is 4. The Labute approximate surface area is 172 Å². The molecule has 3 aromatic rings. The third kappa shape index (κ3) is 2.88. The number of rotatable bonds is 2. The van der Waals surface area contributed by atoms with Crippen molar-refractivity contribution in [2.75, 3.05) is 13.2 Å². The standard InChI is InChI=1S/C18H14ClF3N6O2/c19-14-10(2-1-3-11(14)18(20,21)22)17(29)28-9-6-27-15(12-4-5-23-24-12)25-26-16(27)13(28)8-30-7-9/h1-5,9,13H,6-8H2,(H,23,24). The molecule has 8 nitrogen and oxygen atoms in total. The second kappa shape index (κ2) is 6.81. The van der Waals surface area contributed by atoms with Gasteiger partial charge in [-0.15, -0.1) is 10.2 Å². The molecule has 30 heavy (non-hydrogen) atoms. The molecule has 2 bridgehead atoms. The molecule has 0 radical (unpaired) electrons. The Bertz CT molecular complexity index is 1110. The average molecular weight is 439 g/mol. The first-order chi connectivity index (χ1) is 14.4. The van der Waals surface area contributed by atoms with Crippen LogP contribution in [0.4, 0.5) is 13.2 Å². The van der Waals surface area contributed by atoms with Crippen molar-refractivity contribution < 1.29 is 22.7 Å². The number of aromatic amines is 1. The zero-order valence-corrected chi connectivity index (χ0v) is 16.0. The number of hydrogen-bond acceptors (Lipinski definition) is 5. The Morgan fingerprint density at radius 2 is 2.07 bits per heavy atom. The Morgan fingerprint density at radius 1 is 1.23 bits per heavy atom. The maximum absolute atomic E-state index is 13.3. The minimum absolute atomic E-state index is 0.153. The van der Waals surface area contributed by atoms with Crippen LogP contribution in [0.15, 0.2) is 30.5 Å². The van der Waals surface area contributed by atoms with E-state index < -0.39 is 34.8 Å². The second-order valence-electron chi connectivity index (χ2n) is 7.05. The van der Waals surface area contributed by atoms with Crippen LogP contribution in [0, 0.1) is 0 Å². The van der Waals surface area contributed by atoms with Crippen LogP contribution >= 0.6 is 11.6 Å². The summed E-state index contributed by atoms with van der Waals surface area (Å²) in [6, 6.07) is 4.07. The number of morpholine rings is 1. The van der Waals surface area contributed by atoms with Gasteiger partial charge in [0.15, 0.2) is 11.6 Å². The number of nitrogens with one attached hydrogen (secondary N) is 1. The molecule has 1 amide bonds. The van der Waals surface area contributed by atoms with Crippen LogP contribution in [0.3, 0.4) is 0 Å². The van der Waals surface area contributed by atoms with Gasteiger partial charge in [0.25, 0.3) is 5.91 Å². The van der Waals surface area contributed by atoms with Crippen molar-refractivity contribution in [3.8, 4) is 11.5 Å². The van der Waals surface area contributed by atoms with E-state index in [1.54, 1.807) is 12.3 Å². The van der Waals surface area contributed by atoms with E-state index in [1.165, 1.54) is 17.0 Å². The lowest BCUT2D eigenvalue weighted by Gasteiger charge is -2.45. The maximum Gasteiger partial charge on any atom is 0.417 e. The first-order valence-corrected chi connectivity index (χ1v) is 9.43. The lowest BCUT2D eigenvalue weighted by atomic mass is 10.0. The van der Waals surface area contributed by atoms with E-state index in [1.807, 2.05) is 4.57 Å². The van der Waals surface area contributed by atoms with Crippen LogP contribution in [0.2, 0.25) is 5.02 Å². The molecule has 5 rings (SSSR count). The zero-order chi connectivity index (χ0) is 21.0. The molecular weight excluding hydrogens is 425 g/mol. The fourth-order valence-electron chi connectivity index (χ4n) is 3.96. The van der Waals surface area contributed by atoms with E-state index in [9.17, 15) is 18.0 Å². The number of aromatic nitrogens is 5. The number of alkyl halides is 3. The summed E-state index contributed by atoms with van der Waals surface area (Å²) in [7, 11) is 0. The van der Waals surface area contributed by atoms with Gasteiger partial charge in [0.05, 0.1) is 35.4 Å². The number of fused-ring (bicyclic) bond motifs is 4. The van der Waals surface area contributed by atoms with Crippen molar-refractivity contribution in [3.63, 3.8) is 0 Å². The lowest BCUT2D eigenvalue weighted by molar-refractivity contribution is -0.137. The number of H-pyrrole nitrogens is 1. The van der Waals surface area contributed by atoms with Gasteiger partial charge in [-0.05, 0) is 18.2 Å². The molecule has 4 heterocycles. The Balaban J connectivity index is 1.55. The minimum atomic E-state index is -4.66. The minimum Gasteiger partial charge on any atom is -0.377 e. The molecule has 1 fully saturated rings. The summed E-state index contributed by atoms with van der Waals surface area (Å²) >= 11 is 5.99. The number of carbonyl (C=O) groups excluding carboxylic acids is 1. The molecular formula is C18H14ClF3N6O2. The van der Waals surface area contributed by atoms with E-state index in [4.69, 9.17) is 16.3 Å². The van der Waals surface area contributed by atoms with Crippen LogP contribution in [-0.2, 0) is 17.5 Å². The molecule has 2 unspecified atom stereocenters. The van der Waals surface area contributed by atoms with Crippen LogP contribution < -0.4 is 0 Å². The SMILES string of the molecule is O=C(c1cccc(C(F)(F)F)c1Cl)N1C2COCC1c1nnc(-c3ccn[nH]3)n1C2. The van der Waals surface area contributed by atoms with Crippen LogP contribution in [-0.4, -0.2) is 55.0 Å². The van der Waals surface area contributed by atoms with E-state index in [0.717, 1.165) is 6.07 Å². The number of hydrogen-bond donors (Lipinski definition) is 1. The summed E-state index contributed by atoms with van der Waals surface area (Å²) in [6.07, 6.45) is -3.07. The third-order valence-electron chi connectivity index (χ3n) is 5.30. The fraction of sp³-hybridized carbons (Fsp3) is 0.333. The molecule has 2 aliphatic rings. The zero-order valence-electron chi connectivity index (χ0n) is 15.2. The van der Waals surface area contributed by atoms with Gasteiger partial charge in [0.1, 0.15) is 11.7 Å². The molecule has 2 aromatic heterocycles. The highest BCUT2D eigenvalue weighted by atomic mass is 35.5. The van der Waals surface area contributed by atoms with E-state index in [2.05, 4.69) is 20.4 Å². The first kappa shape index (κ1) is 19.1. The van der Waals surface area contributed by atoms with Crippen molar-refractivity contribution in [2.45, 2.75) is 24.8 Å². The summed E-state index contributed by atoms with van der Waals surface area (Å²) < 4.78 is 47.2. The summed E-state index contributed by atoms with van der Waals surface area (Å²) in [4.78, 5) is 14.8. The van der Waals surface area contributed by atoms with E-state index >= 15 is 0 Å². The van der Waals surface area contributed by atoms with Crippen molar-refractivity contribution in [1.29, 1.82) is 0 Å². The first-order valence-electron chi connectivity index (χ1n) is 9.05. The molecule has 1 saturated heterocycles. The predicted molar refractivity (Wildman–Crippen MR) is 97.6 cm³/mol. The monoisotopic (exact) mass is 438 g/mol.